The Balaban J connectivity index is 1.97. The number of fused-ring (bicyclic) bond motifs is 1. The molecule has 0 radical (unpaired) electrons. The molecule has 1 unspecified atom stereocenters. The fourth-order valence-electron chi connectivity index (χ4n) is 2.37. The van der Waals surface area contributed by atoms with E-state index in [0.717, 1.165) is 21.1 Å². The molecule has 1 amide bonds. The first-order valence-electron chi connectivity index (χ1n) is 6.97. The highest BCUT2D eigenvalue weighted by Crippen LogP contribution is 2.36. The zero-order chi connectivity index (χ0) is 15.2. The van der Waals surface area contributed by atoms with E-state index in [1.165, 1.54) is 0 Å². The van der Waals surface area contributed by atoms with Crippen molar-refractivity contribution in [3.63, 3.8) is 0 Å². The van der Waals surface area contributed by atoms with E-state index >= 15 is 0 Å². The number of para-hydroxylation sites is 1. The summed E-state index contributed by atoms with van der Waals surface area (Å²) in [6, 6.07) is 7.62. The van der Waals surface area contributed by atoms with Crippen LogP contribution in [-0.4, -0.2) is 22.8 Å². The first-order chi connectivity index (χ1) is 9.88. The third-order valence-corrected chi connectivity index (χ3v) is 5.07. The molecular weight excluding hydrogens is 282 g/mol. The van der Waals surface area contributed by atoms with Gasteiger partial charge in [-0.25, -0.2) is 4.98 Å². The number of rotatable bonds is 1. The number of carbonyl (C=O) groups excluding carboxylic acids is 1. The second-order valence-corrected chi connectivity index (χ2v) is 7.39. The van der Waals surface area contributed by atoms with E-state index in [1.807, 2.05) is 37.5 Å². The first kappa shape index (κ1) is 14.1. The largest absolute Gasteiger partial charge is 0.360 e. The minimum atomic E-state index is -0.152. The minimum absolute atomic E-state index is 0.0259. The SMILES string of the molecule is CN1C(=O)c2ccccc2NC1c1cnc(C(C)(C)C)s1. The van der Waals surface area contributed by atoms with Crippen LogP contribution in [-0.2, 0) is 5.41 Å². The highest BCUT2D eigenvalue weighted by Gasteiger charge is 2.32. The monoisotopic (exact) mass is 301 g/mol. The van der Waals surface area contributed by atoms with Crippen molar-refractivity contribution in [1.29, 1.82) is 0 Å². The quantitative estimate of drug-likeness (QED) is 0.874. The fourth-order valence-corrected chi connectivity index (χ4v) is 3.44. The molecule has 0 aliphatic carbocycles. The van der Waals surface area contributed by atoms with E-state index in [9.17, 15) is 4.79 Å². The van der Waals surface area contributed by atoms with E-state index in [0.29, 0.717) is 0 Å². The summed E-state index contributed by atoms with van der Waals surface area (Å²) in [5, 5.41) is 4.52. The van der Waals surface area contributed by atoms with Gasteiger partial charge in [-0.15, -0.1) is 11.3 Å². The molecule has 5 heteroatoms. The number of amides is 1. The molecule has 1 aliphatic heterocycles. The van der Waals surface area contributed by atoms with Crippen molar-refractivity contribution in [1.82, 2.24) is 9.88 Å². The van der Waals surface area contributed by atoms with Gasteiger partial charge in [-0.1, -0.05) is 32.9 Å². The molecule has 1 aromatic heterocycles. The Kier molecular flexibility index (Phi) is 3.24. The summed E-state index contributed by atoms with van der Waals surface area (Å²) in [5.74, 6) is 0.0417. The lowest BCUT2D eigenvalue weighted by Crippen LogP contribution is -2.39. The molecule has 110 valence electrons. The average Bonchev–Trinajstić information content (AvgIpc) is 2.92. The Morgan fingerprint density at radius 3 is 2.67 bits per heavy atom. The van der Waals surface area contributed by atoms with Crippen LogP contribution in [0.1, 0.15) is 47.2 Å². The van der Waals surface area contributed by atoms with Crippen molar-refractivity contribution in [2.24, 2.45) is 0 Å². The third-order valence-electron chi connectivity index (χ3n) is 3.59. The third kappa shape index (κ3) is 2.42. The van der Waals surface area contributed by atoms with Crippen LogP contribution in [0, 0.1) is 0 Å². The van der Waals surface area contributed by atoms with Gasteiger partial charge in [0.05, 0.1) is 15.4 Å². The maximum Gasteiger partial charge on any atom is 0.257 e. The smallest absolute Gasteiger partial charge is 0.257 e. The van der Waals surface area contributed by atoms with E-state index in [-0.39, 0.29) is 17.5 Å². The highest BCUT2D eigenvalue weighted by molar-refractivity contribution is 7.11. The first-order valence-corrected chi connectivity index (χ1v) is 7.78. The molecular formula is C16H19N3OS. The summed E-state index contributed by atoms with van der Waals surface area (Å²) in [4.78, 5) is 19.8. The van der Waals surface area contributed by atoms with Crippen LogP contribution in [0.4, 0.5) is 5.69 Å². The van der Waals surface area contributed by atoms with Crippen LogP contribution in [0.25, 0.3) is 0 Å². The summed E-state index contributed by atoms with van der Waals surface area (Å²) in [7, 11) is 1.83. The van der Waals surface area contributed by atoms with Crippen molar-refractivity contribution >= 4 is 22.9 Å². The van der Waals surface area contributed by atoms with E-state index in [1.54, 1.807) is 16.2 Å². The van der Waals surface area contributed by atoms with Crippen molar-refractivity contribution in [3.05, 3.63) is 45.9 Å². The average molecular weight is 301 g/mol. The van der Waals surface area contributed by atoms with Gasteiger partial charge >= 0.3 is 0 Å². The van der Waals surface area contributed by atoms with Crippen LogP contribution in [0.5, 0.6) is 0 Å². The molecule has 0 spiro atoms. The summed E-state index contributed by atoms with van der Waals surface area (Å²) in [6.45, 7) is 6.44. The molecule has 0 bridgehead atoms. The fraction of sp³-hybridized carbons (Fsp3) is 0.375. The molecule has 1 atom stereocenters. The summed E-state index contributed by atoms with van der Waals surface area (Å²) in [5.41, 5.74) is 1.63. The normalized spacial score (nSPS) is 18.4. The van der Waals surface area contributed by atoms with E-state index in [2.05, 4.69) is 31.1 Å². The predicted octanol–water partition coefficient (Wildman–Crippen LogP) is 3.64. The lowest BCUT2D eigenvalue weighted by Gasteiger charge is -2.34. The van der Waals surface area contributed by atoms with Gasteiger partial charge in [0, 0.05) is 24.3 Å². The summed E-state index contributed by atoms with van der Waals surface area (Å²) < 4.78 is 0. The Labute approximate surface area is 128 Å². The number of hydrogen-bond donors (Lipinski definition) is 1. The predicted molar refractivity (Wildman–Crippen MR) is 85.7 cm³/mol. The molecule has 1 aromatic carbocycles. The maximum atomic E-state index is 12.5. The van der Waals surface area contributed by atoms with Gasteiger partial charge in [0.1, 0.15) is 6.17 Å². The molecule has 0 saturated carbocycles. The van der Waals surface area contributed by atoms with Gasteiger partial charge in [-0.3, -0.25) is 4.79 Å². The van der Waals surface area contributed by atoms with Gasteiger partial charge < -0.3 is 10.2 Å². The van der Waals surface area contributed by atoms with Gasteiger partial charge in [-0.05, 0) is 12.1 Å². The number of carbonyl (C=O) groups is 1. The van der Waals surface area contributed by atoms with Crippen LogP contribution < -0.4 is 5.32 Å². The second-order valence-electron chi connectivity index (χ2n) is 6.33. The van der Waals surface area contributed by atoms with E-state index < -0.39 is 0 Å². The molecule has 2 aromatic rings. The second kappa shape index (κ2) is 4.84. The zero-order valence-electron chi connectivity index (χ0n) is 12.7. The molecule has 0 fully saturated rings. The van der Waals surface area contributed by atoms with Gasteiger partial charge in [0.2, 0.25) is 0 Å². The molecule has 0 saturated heterocycles. The Hall–Kier alpha value is -1.88. The number of anilines is 1. The lowest BCUT2D eigenvalue weighted by atomic mass is 9.98. The van der Waals surface area contributed by atoms with Crippen LogP contribution in [0.15, 0.2) is 30.5 Å². The van der Waals surface area contributed by atoms with Gasteiger partial charge in [0.25, 0.3) is 5.91 Å². The summed E-state index contributed by atoms with van der Waals surface area (Å²) in [6.07, 6.45) is 1.72. The van der Waals surface area contributed by atoms with Crippen molar-refractivity contribution < 1.29 is 4.79 Å². The number of thiazole rings is 1. The van der Waals surface area contributed by atoms with Gasteiger partial charge in [0.15, 0.2) is 0 Å². The van der Waals surface area contributed by atoms with Crippen molar-refractivity contribution in [2.75, 3.05) is 12.4 Å². The Morgan fingerprint density at radius 2 is 2.00 bits per heavy atom. The van der Waals surface area contributed by atoms with Gasteiger partial charge in [-0.2, -0.15) is 0 Å². The molecule has 1 aliphatic rings. The minimum Gasteiger partial charge on any atom is -0.360 e. The number of hydrogen-bond acceptors (Lipinski definition) is 4. The highest BCUT2D eigenvalue weighted by atomic mass is 32.1. The topological polar surface area (TPSA) is 45.2 Å². The lowest BCUT2D eigenvalue weighted by molar-refractivity contribution is 0.0738. The zero-order valence-corrected chi connectivity index (χ0v) is 13.5. The van der Waals surface area contributed by atoms with Crippen molar-refractivity contribution in [3.8, 4) is 0 Å². The molecule has 3 rings (SSSR count). The van der Waals surface area contributed by atoms with E-state index in [4.69, 9.17) is 0 Å². The Morgan fingerprint density at radius 1 is 1.29 bits per heavy atom. The van der Waals surface area contributed by atoms with Crippen LogP contribution in [0.2, 0.25) is 0 Å². The van der Waals surface area contributed by atoms with Crippen LogP contribution in [0.3, 0.4) is 0 Å². The molecule has 21 heavy (non-hydrogen) atoms. The Bertz CT molecular complexity index is 687. The number of nitrogens with one attached hydrogen (secondary N) is 1. The standard InChI is InChI=1S/C16H19N3OS/c1-16(2,3)15-17-9-12(21-15)13-18-11-8-6-5-7-10(11)14(20)19(13)4/h5-9,13,18H,1-4H3. The molecule has 2 heterocycles. The number of benzene rings is 1. The number of aromatic nitrogens is 1. The van der Waals surface area contributed by atoms with Crippen molar-refractivity contribution in [2.45, 2.75) is 32.4 Å². The number of nitrogens with zero attached hydrogens (tertiary/aromatic N) is 2. The molecule has 4 nitrogen and oxygen atoms in total. The summed E-state index contributed by atoms with van der Waals surface area (Å²) >= 11 is 1.66. The maximum absolute atomic E-state index is 12.5. The van der Waals surface area contributed by atoms with Crippen LogP contribution >= 0.6 is 11.3 Å². The molecule has 1 N–H and O–H groups in total.